The number of carbonyl (C=O) groups excluding carboxylic acids is 2. The van der Waals surface area contributed by atoms with E-state index in [1.807, 2.05) is 38.1 Å². The quantitative estimate of drug-likeness (QED) is 0.400. The molecular weight excluding hydrogens is 412 g/mol. The third-order valence-corrected chi connectivity index (χ3v) is 6.49. The van der Waals surface area contributed by atoms with Gasteiger partial charge in [0.25, 0.3) is 11.8 Å². The summed E-state index contributed by atoms with van der Waals surface area (Å²) in [5.41, 5.74) is 6.30. The molecule has 33 heavy (non-hydrogen) atoms. The molecule has 0 bridgehead atoms. The Morgan fingerprint density at radius 1 is 0.970 bits per heavy atom. The lowest BCUT2D eigenvalue weighted by Crippen LogP contribution is -2.37. The van der Waals surface area contributed by atoms with Gasteiger partial charge in [-0.25, -0.2) is 0 Å². The van der Waals surface area contributed by atoms with Crippen LogP contribution in [0, 0.1) is 13.8 Å². The normalized spacial score (nSPS) is 16.1. The molecule has 2 aromatic carbocycles. The lowest BCUT2D eigenvalue weighted by atomic mass is 9.95. The third kappa shape index (κ3) is 4.74. The van der Waals surface area contributed by atoms with Crippen molar-refractivity contribution in [2.24, 2.45) is 0 Å². The molecular formula is C28H34N2O3. The molecule has 4 rings (SSSR count). The number of rotatable bonds is 9. The molecule has 2 aromatic rings. The van der Waals surface area contributed by atoms with Crippen LogP contribution in [0.4, 0.5) is 5.69 Å². The first-order valence-electron chi connectivity index (χ1n) is 12.1. The number of hydrogen-bond acceptors (Lipinski definition) is 4. The van der Waals surface area contributed by atoms with Crippen molar-refractivity contribution >= 4 is 23.1 Å². The maximum Gasteiger partial charge on any atom is 0.278 e. The fraction of sp³-hybridized carbons (Fsp3) is 0.429. The van der Waals surface area contributed by atoms with Gasteiger partial charge in [0.2, 0.25) is 0 Å². The van der Waals surface area contributed by atoms with E-state index in [0.717, 1.165) is 61.2 Å². The van der Waals surface area contributed by atoms with Crippen molar-refractivity contribution in [2.45, 2.75) is 52.9 Å². The summed E-state index contributed by atoms with van der Waals surface area (Å²) >= 11 is 0. The first-order chi connectivity index (χ1) is 16.0. The van der Waals surface area contributed by atoms with Crippen LogP contribution < -0.4 is 4.90 Å². The highest BCUT2D eigenvalue weighted by molar-refractivity contribution is 6.37. The average Bonchev–Trinajstić information content (AvgIpc) is 3.05. The van der Waals surface area contributed by atoms with Crippen molar-refractivity contribution < 1.29 is 14.3 Å². The predicted octanol–water partition coefficient (Wildman–Crippen LogP) is 5.04. The highest BCUT2D eigenvalue weighted by Gasteiger charge is 2.42. The van der Waals surface area contributed by atoms with Crippen LogP contribution in [0.25, 0.3) is 5.57 Å². The number of ether oxygens (including phenoxy) is 1. The SMILES string of the molecule is CCCCOCCCN1C(=O)C(c2ccc(C)cc2C)=C(N2CCCc3ccccc32)C1=O. The topological polar surface area (TPSA) is 49.9 Å². The average molecular weight is 447 g/mol. The maximum atomic E-state index is 13.7. The minimum atomic E-state index is -0.196. The van der Waals surface area contributed by atoms with Crippen molar-refractivity contribution in [1.29, 1.82) is 0 Å². The Labute approximate surface area is 197 Å². The number of hydrogen-bond donors (Lipinski definition) is 0. The number of benzene rings is 2. The van der Waals surface area contributed by atoms with Gasteiger partial charge in [0.05, 0.1) is 5.57 Å². The first-order valence-corrected chi connectivity index (χ1v) is 12.1. The Bertz CT molecular complexity index is 1070. The van der Waals surface area contributed by atoms with Crippen molar-refractivity contribution in [2.75, 3.05) is 31.2 Å². The van der Waals surface area contributed by atoms with Crippen molar-refractivity contribution in [3.8, 4) is 0 Å². The Hall–Kier alpha value is -2.92. The van der Waals surface area contributed by atoms with Gasteiger partial charge in [-0.05, 0) is 62.3 Å². The van der Waals surface area contributed by atoms with E-state index in [2.05, 4.69) is 30.0 Å². The molecule has 0 radical (unpaired) electrons. The summed E-state index contributed by atoms with van der Waals surface area (Å²) in [5.74, 6) is -0.390. The zero-order chi connectivity index (χ0) is 23.4. The molecule has 0 saturated carbocycles. The fourth-order valence-electron chi connectivity index (χ4n) is 4.79. The van der Waals surface area contributed by atoms with Crippen molar-refractivity contribution in [3.05, 3.63) is 70.4 Å². The molecule has 5 nitrogen and oxygen atoms in total. The molecule has 0 spiro atoms. The lowest BCUT2D eigenvalue weighted by Gasteiger charge is -2.32. The van der Waals surface area contributed by atoms with Crippen LogP contribution >= 0.6 is 0 Å². The van der Waals surface area contributed by atoms with Crippen LogP contribution in [-0.2, 0) is 20.7 Å². The molecule has 0 fully saturated rings. The number of aryl methyl sites for hydroxylation is 3. The van der Waals surface area contributed by atoms with Gasteiger partial charge >= 0.3 is 0 Å². The van der Waals surface area contributed by atoms with Crippen molar-refractivity contribution in [3.63, 3.8) is 0 Å². The Balaban J connectivity index is 1.69. The Morgan fingerprint density at radius 3 is 2.55 bits per heavy atom. The number of unbranched alkanes of at least 4 members (excludes halogenated alkanes) is 1. The molecule has 2 aliphatic heterocycles. The van der Waals surface area contributed by atoms with Crippen LogP contribution in [-0.4, -0.2) is 43.0 Å². The largest absolute Gasteiger partial charge is 0.381 e. The van der Waals surface area contributed by atoms with E-state index in [0.29, 0.717) is 30.8 Å². The second-order valence-electron chi connectivity index (χ2n) is 9.01. The molecule has 5 heteroatoms. The molecule has 0 saturated heterocycles. The van der Waals surface area contributed by atoms with E-state index >= 15 is 0 Å². The van der Waals surface area contributed by atoms with E-state index in [-0.39, 0.29) is 11.8 Å². The summed E-state index contributed by atoms with van der Waals surface area (Å²) < 4.78 is 5.66. The zero-order valence-corrected chi connectivity index (χ0v) is 20.0. The maximum absolute atomic E-state index is 13.7. The number of anilines is 1. The summed E-state index contributed by atoms with van der Waals surface area (Å²) in [7, 11) is 0. The van der Waals surface area contributed by atoms with Crippen molar-refractivity contribution in [1.82, 2.24) is 4.90 Å². The second kappa shape index (κ2) is 10.3. The minimum Gasteiger partial charge on any atom is -0.381 e. The molecule has 0 unspecified atom stereocenters. The first kappa shape index (κ1) is 23.2. The van der Waals surface area contributed by atoms with E-state index in [9.17, 15) is 9.59 Å². The molecule has 0 N–H and O–H groups in total. The van der Waals surface area contributed by atoms with Crippen LogP contribution in [0.15, 0.2) is 48.2 Å². The number of para-hydroxylation sites is 1. The number of amides is 2. The van der Waals surface area contributed by atoms with Crippen LogP contribution in [0.2, 0.25) is 0 Å². The Morgan fingerprint density at radius 2 is 1.76 bits per heavy atom. The summed E-state index contributed by atoms with van der Waals surface area (Å²) in [5, 5.41) is 0. The van der Waals surface area contributed by atoms with Gasteiger partial charge in [-0.1, -0.05) is 55.3 Å². The smallest absolute Gasteiger partial charge is 0.278 e. The fourth-order valence-corrected chi connectivity index (χ4v) is 4.79. The minimum absolute atomic E-state index is 0.194. The van der Waals surface area contributed by atoms with E-state index in [4.69, 9.17) is 4.74 Å². The molecule has 0 aliphatic carbocycles. The van der Waals surface area contributed by atoms with Gasteiger partial charge in [0.1, 0.15) is 5.70 Å². The third-order valence-electron chi connectivity index (χ3n) is 6.49. The number of fused-ring (bicyclic) bond motifs is 1. The van der Waals surface area contributed by atoms with Gasteiger partial charge in [-0.15, -0.1) is 0 Å². The molecule has 2 aliphatic rings. The number of carbonyl (C=O) groups is 2. The van der Waals surface area contributed by atoms with Crippen LogP contribution in [0.1, 0.15) is 54.9 Å². The molecule has 2 amide bonds. The summed E-state index contributed by atoms with van der Waals surface area (Å²) in [6.45, 7) is 8.56. The molecule has 174 valence electrons. The summed E-state index contributed by atoms with van der Waals surface area (Å²) in [6.07, 6.45) is 4.70. The Kier molecular flexibility index (Phi) is 7.29. The number of nitrogens with zero attached hydrogens (tertiary/aromatic N) is 2. The summed E-state index contributed by atoms with van der Waals surface area (Å²) in [6, 6.07) is 14.3. The van der Waals surface area contributed by atoms with E-state index in [1.54, 1.807) is 0 Å². The van der Waals surface area contributed by atoms with E-state index < -0.39 is 0 Å². The predicted molar refractivity (Wildman–Crippen MR) is 132 cm³/mol. The van der Waals surface area contributed by atoms with Gasteiger partial charge in [0.15, 0.2) is 0 Å². The molecule has 0 aromatic heterocycles. The highest BCUT2D eigenvalue weighted by Crippen LogP contribution is 2.38. The van der Waals surface area contributed by atoms with Gasteiger partial charge in [-0.2, -0.15) is 0 Å². The highest BCUT2D eigenvalue weighted by atomic mass is 16.5. The van der Waals surface area contributed by atoms with E-state index in [1.165, 1.54) is 10.5 Å². The second-order valence-corrected chi connectivity index (χ2v) is 9.01. The standard InChI is InChI=1S/C28H34N2O3/c1-4-5-17-33-18-9-16-30-27(31)25(23-14-13-20(2)19-21(23)3)26(28(30)32)29-15-8-11-22-10-6-7-12-24(22)29/h6-7,10,12-14,19H,4-5,8-9,11,15-18H2,1-3H3. The molecule has 2 heterocycles. The van der Waals surface area contributed by atoms with Crippen LogP contribution in [0.5, 0.6) is 0 Å². The molecule has 0 atom stereocenters. The summed E-state index contributed by atoms with van der Waals surface area (Å²) in [4.78, 5) is 30.9. The van der Waals surface area contributed by atoms with Gasteiger partial charge in [0, 0.05) is 32.0 Å². The monoisotopic (exact) mass is 446 g/mol. The van der Waals surface area contributed by atoms with Gasteiger partial charge < -0.3 is 9.64 Å². The van der Waals surface area contributed by atoms with Crippen LogP contribution in [0.3, 0.4) is 0 Å². The zero-order valence-electron chi connectivity index (χ0n) is 20.0. The van der Waals surface area contributed by atoms with Gasteiger partial charge in [-0.3, -0.25) is 14.5 Å². The lowest BCUT2D eigenvalue weighted by molar-refractivity contribution is -0.137. The number of imide groups is 1.